The van der Waals surface area contributed by atoms with Crippen LogP contribution in [0.3, 0.4) is 0 Å². The van der Waals surface area contributed by atoms with Crippen LogP contribution in [0, 0.1) is 0 Å². The average molecular weight is 221 g/mol. The summed E-state index contributed by atoms with van der Waals surface area (Å²) in [7, 11) is 0. The van der Waals surface area contributed by atoms with Crippen molar-refractivity contribution >= 4 is 0 Å². The smallest absolute Gasteiger partial charge is 0.0720 e. The third-order valence-electron chi connectivity index (χ3n) is 3.60. The molecule has 0 amide bonds. The summed E-state index contributed by atoms with van der Waals surface area (Å²) in [6, 6.07) is 8.19. The molecule has 3 nitrogen and oxygen atoms in total. The molecule has 16 heavy (non-hydrogen) atoms. The van der Waals surface area contributed by atoms with Gasteiger partial charge in [-0.1, -0.05) is 24.3 Å². The van der Waals surface area contributed by atoms with Gasteiger partial charge in [-0.3, -0.25) is 0 Å². The molecule has 3 heteroatoms. The highest BCUT2D eigenvalue weighted by Gasteiger charge is 2.39. The number of nitrogens with two attached hydrogens (primary N) is 1. The van der Waals surface area contributed by atoms with E-state index in [0.29, 0.717) is 19.6 Å². The second-order valence-corrected chi connectivity index (χ2v) is 4.57. The lowest BCUT2D eigenvalue weighted by Crippen LogP contribution is -2.50. The van der Waals surface area contributed by atoms with Gasteiger partial charge < -0.3 is 15.6 Å². The molecule has 2 unspecified atom stereocenters. The maximum absolute atomic E-state index is 9.25. The fourth-order valence-corrected chi connectivity index (χ4v) is 2.56. The van der Waals surface area contributed by atoms with E-state index in [2.05, 4.69) is 12.1 Å². The third-order valence-corrected chi connectivity index (χ3v) is 3.60. The zero-order valence-electron chi connectivity index (χ0n) is 9.65. The summed E-state index contributed by atoms with van der Waals surface area (Å²) in [6.07, 6.45) is 0.654. The number of hydrogen-bond acceptors (Lipinski definition) is 3. The monoisotopic (exact) mass is 221 g/mol. The first-order valence-corrected chi connectivity index (χ1v) is 5.73. The van der Waals surface area contributed by atoms with Gasteiger partial charge in [0.05, 0.1) is 13.2 Å². The summed E-state index contributed by atoms with van der Waals surface area (Å²) in [4.78, 5) is 0. The highest BCUT2D eigenvalue weighted by molar-refractivity contribution is 5.37. The Labute approximate surface area is 96.2 Å². The van der Waals surface area contributed by atoms with E-state index in [1.54, 1.807) is 0 Å². The Bertz CT molecular complexity index is 365. The molecule has 0 spiro atoms. The van der Waals surface area contributed by atoms with Crippen molar-refractivity contribution in [2.24, 2.45) is 5.73 Å². The van der Waals surface area contributed by atoms with Crippen molar-refractivity contribution in [2.75, 3.05) is 13.2 Å². The van der Waals surface area contributed by atoms with E-state index in [1.165, 1.54) is 11.1 Å². The van der Waals surface area contributed by atoms with Gasteiger partial charge in [0.15, 0.2) is 0 Å². The Hall–Kier alpha value is -0.900. The van der Waals surface area contributed by atoms with E-state index in [1.807, 2.05) is 19.1 Å². The Morgan fingerprint density at radius 2 is 2.25 bits per heavy atom. The minimum absolute atomic E-state index is 0.0268. The Morgan fingerprint density at radius 1 is 1.50 bits per heavy atom. The maximum Gasteiger partial charge on any atom is 0.0720 e. The number of benzene rings is 1. The molecule has 3 N–H and O–H groups in total. The van der Waals surface area contributed by atoms with Crippen molar-refractivity contribution in [3.63, 3.8) is 0 Å². The van der Waals surface area contributed by atoms with Crippen molar-refractivity contribution in [2.45, 2.75) is 31.4 Å². The highest BCUT2D eigenvalue weighted by atomic mass is 16.5. The highest BCUT2D eigenvalue weighted by Crippen LogP contribution is 2.37. The van der Waals surface area contributed by atoms with Crippen LogP contribution in [-0.4, -0.2) is 24.4 Å². The van der Waals surface area contributed by atoms with Crippen LogP contribution in [0.2, 0.25) is 0 Å². The molecule has 0 aromatic heterocycles. The first-order valence-electron chi connectivity index (χ1n) is 5.73. The van der Waals surface area contributed by atoms with Gasteiger partial charge in [0, 0.05) is 18.1 Å². The molecular formula is C13H19NO2. The molecule has 1 aliphatic heterocycles. The minimum atomic E-state index is -0.233. The molecular weight excluding hydrogens is 202 g/mol. The first kappa shape index (κ1) is 11.6. The number of aliphatic hydroxyl groups is 1. The summed E-state index contributed by atoms with van der Waals surface area (Å²) in [6.45, 7) is 3.37. The van der Waals surface area contributed by atoms with Crippen LogP contribution in [0.4, 0.5) is 0 Å². The molecule has 2 atom stereocenters. The molecule has 1 aromatic rings. The molecule has 1 heterocycles. The number of aliphatic hydroxyl groups excluding tert-OH is 1. The summed E-state index contributed by atoms with van der Waals surface area (Å²) >= 11 is 0. The van der Waals surface area contributed by atoms with Crippen LogP contribution < -0.4 is 5.73 Å². The van der Waals surface area contributed by atoms with Gasteiger partial charge in [0.25, 0.3) is 0 Å². The predicted molar refractivity (Wildman–Crippen MR) is 63.1 cm³/mol. The fraction of sp³-hybridized carbons (Fsp3) is 0.538. The van der Waals surface area contributed by atoms with Gasteiger partial charge in [0.2, 0.25) is 0 Å². The lowest BCUT2D eigenvalue weighted by Gasteiger charge is -2.41. The quantitative estimate of drug-likeness (QED) is 0.806. The van der Waals surface area contributed by atoms with Gasteiger partial charge in [-0.25, -0.2) is 0 Å². The lowest BCUT2D eigenvalue weighted by molar-refractivity contribution is 0.0303. The largest absolute Gasteiger partial charge is 0.396 e. The van der Waals surface area contributed by atoms with Crippen LogP contribution in [0.1, 0.15) is 24.5 Å². The van der Waals surface area contributed by atoms with Crippen molar-refractivity contribution < 1.29 is 9.84 Å². The number of rotatable bonds is 3. The molecule has 88 valence electrons. The van der Waals surface area contributed by atoms with E-state index < -0.39 is 0 Å². The molecule has 2 rings (SSSR count). The van der Waals surface area contributed by atoms with Crippen LogP contribution >= 0.6 is 0 Å². The Kier molecular flexibility index (Phi) is 3.28. The second kappa shape index (κ2) is 4.53. The lowest BCUT2D eigenvalue weighted by atomic mass is 9.70. The van der Waals surface area contributed by atoms with Crippen LogP contribution in [0.5, 0.6) is 0 Å². The molecule has 0 fully saturated rings. The predicted octanol–water partition coefficient (Wildman–Crippen LogP) is 1.18. The Morgan fingerprint density at radius 3 is 2.94 bits per heavy atom. The number of hydrogen-bond donors (Lipinski definition) is 2. The zero-order valence-corrected chi connectivity index (χ0v) is 9.65. The van der Waals surface area contributed by atoms with Gasteiger partial charge in [-0.05, 0) is 24.5 Å². The molecule has 0 bridgehead atoms. The normalized spacial score (nSPS) is 26.2. The SMILES string of the molecule is CC(N)C1(CCO)COCc2ccccc21. The van der Waals surface area contributed by atoms with Gasteiger partial charge in [-0.15, -0.1) is 0 Å². The standard InChI is InChI=1S/C13H19NO2/c1-10(14)13(6-7-15)9-16-8-11-4-2-3-5-12(11)13/h2-5,10,15H,6-9,14H2,1H3. The summed E-state index contributed by atoms with van der Waals surface area (Å²) < 4.78 is 5.63. The minimum Gasteiger partial charge on any atom is -0.396 e. The van der Waals surface area contributed by atoms with Crippen LogP contribution in [0.15, 0.2) is 24.3 Å². The van der Waals surface area contributed by atoms with Gasteiger partial charge in [0.1, 0.15) is 0 Å². The van der Waals surface area contributed by atoms with E-state index in [4.69, 9.17) is 10.5 Å². The summed E-state index contributed by atoms with van der Waals surface area (Å²) in [5, 5.41) is 9.25. The van der Waals surface area contributed by atoms with E-state index in [9.17, 15) is 5.11 Å². The number of ether oxygens (including phenoxy) is 1. The van der Waals surface area contributed by atoms with Crippen molar-refractivity contribution in [1.82, 2.24) is 0 Å². The summed E-state index contributed by atoms with van der Waals surface area (Å²) in [5.41, 5.74) is 8.31. The fourth-order valence-electron chi connectivity index (χ4n) is 2.56. The molecule has 0 saturated heterocycles. The first-order chi connectivity index (χ1) is 7.70. The topological polar surface area (TPSA) is 55.5 Å². The van der Waals surface area contributed by atoms with Crippen LogP contribution in [-0.2, 0) is 16.8 Å². The van der Waals surface area contributed by atoms with E-state index in [-0.39, 0.29) is 18.1 Å². The molecule has 1 aromatic carbocycles. The average Bonchev–Trinajstić information content (AvgIpc) is 2.29. The third kappa shape index (κ3) is 1.75. The summed E-state index contributed by atoms with van der Waals surface area (Å²) in [5.74, 6) is 0. The van der Waals surface area contributed by atoms with Gasteiger partial charge >= 0.3 is 0 Å². The zero-order chi connectivity index (χ0) is 11.6. The van der Waals surface area contributed by atoms with E-state index >= 15 is 0 Å². The number of fused-ring (bicyclic) bond motifs is 1. The molecule has 0 aliphatic carbocycles. The van der Waals surface area contributed by atoms with Crippen molar-refractivity contribution in [3.05, 3.63) is 35.4 Å². The second-order valence-electron chi connectivity index (χ2n) is 4.57. The Balaban J connectivity index is 2.48. The van der Waals surface area contributed by atoms with Crippen molar-refractivity contribution in [1.29, 1.82) is 0 Å². The van der Waals surface area contributed by atoms with Gasteiger partial charge in [-0.2, -0.15) is 0 Å². The molecule has 0 saturated carbocycles. The molecule has 1 aliphatic rings. The van der Waals surface area contributed by atoms with Crippen molar-refractivity contribution in [3.8, 4) is 0 Å². The van der Waals surface area contributed by atoms with E-state index in [0.717, 1.165) is 0 Å². The molecule has 0 radical (unpaired) electrons. The maximum atomic E-state index is 9.25. The van der Waals surface area contributed by atoms with Crippen LogP contribution in [0.25, 0.3) is 0 Å².